The fraction of sp³-hybridized carbons (Fsp3) is 0.632. The molecule has 2 rings (SSSR count). The van der Waals surface area contributed by atoms with Gasteiger partial charge in [0, 0.05) is 59.5 Å². The lowest BCUT2D eigenvalue weighted by Gasteiger charge is -2.35. The second-order valence-corrected chi connectivity index (χ2v) is 6.62. The average molecular weight is 348 g/mol. The van der Waals surface area contributed by atoms with Crippen LogP contribution < -0.4 is 5.32 Å². The van der Waals surface area contributed by atoms with Crippen molar-refractivity contribution in [1.29, 1.82) is 0 Å². The Balaban J connectivity index is 1.59. The van der Waals surface area contributed by atoms with E-state index in [0.717, 1.165) is 52.4 Å². The van der Waals surface area contributed by atoms with Gasteiger partial charge in [0.25, 0.3) is 0 Å². The number of carbonyl (C=O) groups excluding carboxylic acids is 1. The third-order valence-corrected chi connectivity index (χ3v) is 4.58. The predicted octanol–water partition coefficient (Wildman–Crippen LogP) is 0.499. The van der Waals surface area contributed by atoms with E-state index in [-0.39, 0.29) is 5.91 Å². The van der Waals surface area contributed by atoms with Crippen molar-refractivity contribution >= 4 is 5.91 Å². The van der Waals surface area contributed by atoms with Crippen molar-refractivity contribution in [3.05, 3.63) is 35.9 Å². The minimum atomic E-state index is 0.192. The SMILES string of the molecule is COCCNCC(=O)N1CCN(CCN(C)Cc2ccccc2)CC1. The van der Waals surface area contributed by atoms with E-state index >= 15 is 0 Å². The molecule has 0 aromatic heterocycles. The molecule has 25 heavy (non-hydrogen) atoms. The van der Waals surface area contributed by atoms with Crippen LogP contribution in [0, 0.1) is 0 Å². The Kier molecular flexibility index (Phi) is 8.90. The molecular formula is C19H32N4O2. The van der Waals surface area contributed by atoms with Crippen molar-refractivity contribution in [3.63, 3.8) is 0 Å². The Morgan fingerprint density at radius 1 is 1.20 bits per heavy atom. The molecule has 140 valence electrons. The minimum Gasteiger partial charge on any atom is -0.383 e. The summed E-state index contributed by atoms with van der Waals surface area (Å²) in [4.78, 5) is 18.9. The molecule has 1 saturated heterocycles. The number of hydrogen-bond acceptors (Lipinski definition) is 5. The Bertz CT molecular complexity index is 489. The van der Waals surface area contributed by atoms with Gasteiger partial charge in [-0.25, -0.2) is 0 Å². The van der Waals surface area contributed by atoms with Crippen LogP contribution in [0.3, 0.4) is 0 Å². The summed E-state index contributed by atoms with van der Waals surface area (Å²) in [6.07, 6.45) is 0. The molecule has 6 nitrogen and oxygen atoms in total. The predicted molar refractivity (Wildman–Crippen MR) is 101 cm³/mol. The highest BCUT2D eigenvalue weighted by atomic mass is 16.5. The van der Waals surface area contributed by atoms with Gasteiger partial charge in [0.15, 0.2) is 0 Å². The zero-order valence-corrected chi connectivity index (χ0v) is 15.6. The quantitative estimate of drug-likeness (QED) is 0.624. The molecular weight excluding hydrogens is 316 g/mol. The van der Waals surface area contributed by atoms with Crippen molar-refractivity contribution in [2.75, 3.05) is 73.1 Å². The number of hydrogen-bond donors (Lipinski definition) is 1. The first-order chi connectivity index (χ1) is 12.2. The number of methoxy groups -OCH3 is 1. The fourth-order valence-electron chi connectivity index (χ4n) is 2.99. The molecule has 1 amide bonds. The van der Waals surface area contributed by atoms with Crippen molar-refractivity contribution in [1.82, 2.24) is 20.0 Å². The number of ether oxygens (including phenoxy) is 1. The molecule has 1 aromatic carbocycles. The van der Waals surface area contributed by atoms with Crippen LogP contribution in [0.1, 0.15) is 5.56 Å². The van der Waals surface area contributed by atoms with E-state index in [0.29, 0.717) is 13.2 Å². The topological polar surface area (TPSA) is 48.1 Å². The smallest absolute Gasteiger partial charge is 0.236 e. The first-order valence-electron chi connectivity index (χ1n) is 9.11. The lowest BCUT2D eigenvalue weighted by molar-refractivity contribution is -0.132. The monoisotopic (exact) mass is 348 g/mol. The van der Waals surface area contributed by atoms with E-state index in [1.807, 2.05) is 4.90 Å². The number of nitrogens with zero attached hydrogens (tertiary/aromatic N) is 3. The number of benzene rings is 1. The maximum absolute atomic E-state index is 12.1. The van der Waals surface area contributed by atoms with Gasteiger partial charge in [-0.15, -0.1) is 0 Å². The number of carbonyl (C=O) groups is 1. The molecule has 1 fully saturated rings. The van der Waals surface area contributed by atoms with Gasteiger partial charge < -0.3 is 19.9 Å². The van der Waals surface area contributed by atoms with E-state index < -0.39 is 0 Å². The van der Waals surface area contributed by atoms with Crippen molar-refractivity contribution in [2.45, 2.75) is 6.54 Å². The Morgan fingerprint density at radius 2 is 1.92 bits per heavy atom. The number of piperazine rings is 1. The molecule has 0 unspecified atom stereocenters. The van der Waals surface area contributed by atoms with E-state index in [9.17, 15) is 4.79 Å². The molecule has 0 atom stereocenters. The van der Waals surface area contributed by atoms with Crippen LogP contribution in [-0.2, 0) is 16.1 Å². The van der Waals surface area contributed by atoms with Crippen molar-refractivity contribution < 1.29 is 9.53 Å². The van der Waals surface area contributed by atoms with Gasteiger partial charge in [-0.05, 0) is 12.6 Å². The summed E-state index contributed by atoms with van der Waals surface area (Å²) >= 11 is 0. The minimum absolute atomic E-state index is 0.192. The summed E-state index contributed by atoms with van der Waals surface area (Å²) in [6, 6.07) is 10.6. The Hall–Kier alpha value is -1.47. The zero-order chi connectivity index (χ0) is 17.9. The zero-order valence-electron chi connectivity index (χ0n) is 15.6. The number of likely N-dealkylation sites (N-methyl/N-ethyl adjacent to an activating group) is 1. The second-order valence-electron chi connectivity index (χ2n) is 6.62. The molecule has 0 bridgehead atoms. The number of rotatable bonds is 10. The van der Waals surface area contributed by atoms with Gasteiger partial charge in [-0.1, -0.05) is 30.3 Å². The van der Waals surface area contributed by atoms with Crippen LogP contribution in [0.25, 0.3) is 0 Å². The molecule has 0 spiro atoms. The van der Waals surface area contributed by atoms with Gasteiger partial charge in [0.2, 0.25) is 5.91 Å². The van der Waals surface area contributed by atoms with Gasteiger partial charge in [-0.2, -0.15) is 0 Å². The standard InChI is InChI=1S/C19H32N4O2/c1-21(17-18-6-4-3-5-7-18)9-10-22-11-13-23(14-12-22)19(24)16-20-8-15-25-2/h3-7,20H,8-17H2,1-2H3. The highest BCUT2D eigenvalue weighted by Crippen LogP contribution is 2.05. The van der Waals surface area contributed by atoms with Crippen LogP contribution in [-0.4, -0.2) is 93.7 Å². The summed E-state index contributed by atoms with van der Waals surface area (Å²) in [5, 5.41) is 3.12. The first-order valence-corrected chi connectivity index (χ1v) is 9.11. The molecule has 6 heteroatoms. The van der Waals surface area contributed by atoms with Crippen molar-refractivity contribution in [3.8, 4) is 0 Å². The van der Waals surface area contributed by atoms with Gasteiger partial charge in [0.1, 0.15) is 0 Å². The van der Waals surface area contributed by atoms with Gasteiger partial charge >= 0.3 is 0 Å². The van der Waals surface area contributed by atoms with Gasteiger partial charge in [-0.3, -0.25) is 9.69 Å². The van der Waals surface area contributed by atoms with Crippen LogP contribution in [0.5, 0.6) is 0 Å². The molecule has 1 heterocycles. The lowest BCUT2D eigenvalue weighted by Crippen LogP contribution is -2.51. The molecule has 1 aromatic rings. The third kappa shape index (κ3) is 7.52. The summed E-state index contributed by atoms with van der Waals surface area (Å²) in [6.45, 7) is 8.41. The van der Waals surface area contributed by atoms with E-state index in [1.54, 1.807) is 7.11 Å². The molecule has 0 radical (unpaired) electrons. The second kappa shape index (κ2) is 11.2. The van der Waals surface area contributed by atoms with Crippen LogP contribution >= 0.6 is 0 Å². The highest BCUT2D eigenvalue weighted by Gasteiger charge is 2.20. The molecule has 0 saturated carbocycles. The maximum Gasteiger partial charge on any atom is 0.236 e. The third-order valence-electron chi connectivity index (χ3n) is 4.58. The van der Waals surface area contributed by atoms with Crippen LogP contribution in [0.2, 0.25) is 0 Å². The highest BCUT2D eigenvalue weighted by molar-refractivity contribution is 5.78. The van der Waals surface area contributed by atoms with Crippen LogP contribution in [0.4, 0.5) is 0 Å². The maximum atomic E-state index is 12.1. The first kappa shape index (κ1) is 19.8. The number of amides is 1. The molecule has 1 aliphatic rings. The van der Waals surface area contributed by atoms with E-state index in [1.165, 1.54) is 5.56 Å². The number of nitrogens with one attached hydrogen (secondary N) is 1. The summed E-state index contributed by atoms with van der Waals surface area (Å²) in [5.41, 5.74) is 1.35. The average Bonchev–Trinajstić information content (AvgIpc) is 2.64. The largest absolute Gasteiger partial charge is 0.383 e. The molecule has 0 aliphatic carbocycles. The Labute approximate surface area is 151 Å². The normalized spacial score (nSPS) is 15.7. The molecule has 1 aliphatic heterocycles. The summed E-state index contributed by atoms with van der Waals surface area (Å²) < 4.78 is 4.97. The van der Waals surface area contributed by atoms with E-state index in [2.05, 4.69) is 52.5 Å². The molecule has 1 N–H and O–H groups in total. The fourth-order valence-corrected chi connectivity index (χ4v) is 2.99. The van der Waals surface area contributed by atoms with Crippen LogP contribution in [0.15, 0.2) is 30.3 Å². The van der Waals surface area contributed by atoms with Crippen molar-refractivity contribution in [2.24, 2.45) is 0 Å². The Morgan fingerprint density at radius 3 is 2.60 bits per heavy atom. The van der Waals surface area contributed by atoms with Gasteiger partial charge in [0.05, 0.1) is 13.2 Å². The lowest BCUT2D eigenvalue weighted by atomic mass is 10.2. The summed E-state index contributed by atoms with van der Waals surface area (Å²) in [7, 11) is 3.83. The summed E-state index contributed by atoms with van der Waals surface area (Å²) in [5.74, 6) is 0.192. The van der Waals surface area contributed by atoms with E-state index in [4.69, 9.17) is 4.74 Å².